The molecule has 2 aliphatic rings. The Morgan fingerprint density at radius 1 is 1.11 bits per heavy atom. The van der Waals surface area contributed by atoms with Gasteiger partial charge in [0, 0.05) is 39.1 Å². The van der Waals surface area contributed by atoms with Gasteiger partial charge < -0.3 is 14.0 Å². The van der Waals surface area contributed by atoms with Crippen LogP contribution in [0, 0.1) is 0 Å². The van der Waals surface area contributed by atoms with Gasteiger partial charge in [-0.25, -0.2) is 0 Å². The number of hydrogen-bond acceptors (Lipinski definition) is 6. The molecule has 3 heterocycles. The molecule has 2 aliphatic heterocycles. The third kappa shape index (κ3) is 4.54. The first-order valence-electron chi connectivity index (χ1n) is 10.3. The van der Waals surface area contributed by atoms with Crippen LogP contribution in [0.1, 0.15) is 36.0 Å². The molecule has 1 aromatic carbocycles. The number of piperidine rings is 1. The number of rotatable bonds is 6. The van der Waals surface area contributed by atoms with Crippen LogP contribution in [0.5, 0.6) is 5.75 Å². The lowest BCUT2D eigenvalue weighted by Crippen LogP contribution is -2.36. The van der Waals surface area contributed by atoms with Crippen molar-refractivity contribution in [3.8, 4) is 5.75 Å². The summed E-state index contributed by atoms with van der Waals surface area (Å²) < 4.78 is 13.0. The second-order valence-corrected chi connectivity index (χ2v) is 7.85. The lowest BCUT2D eigenvalue weighted by molar-refractivity contribution is 0.0326. The third-order valence-corrected chi connectivity index (χ3v) is 5.88. The zero-order valence-corrected chi connectivity index (χ0v) is 17.0. The maximum Gasteiger partial charge on any atom is 0.146 e. The smallest absolute Gasteiger partial charge is 0.146 e. The highest BCUT2D eigenvalue weighted by molar-refractivity contribution is 5.28. The van der Waals surface area contributed by atoms with Crippen LogP contribution in [0.3, 0.4) is 0 Å². The van der Waals surface area contributed by atoms with Crippen molar-refractivity contribution in [1.82, 2.24) is 24.6 Å². The number of hydrogen-bond donors (Lipinski definition) is 0. The van der Waals surface area contributed by atoms with Crippen molar-refractivity contribution in [3.05, 3.63) is 41.5 Å². The second kappa shape index (κ2) is 9.03. The number of likely N-dealkylation sites (tertiary alicyclic amines) is 1. The zero-order chi connectivity index (χ0) is 19.3. The molecular formula is C21H31N5O2. The van der Waals surface area contributed by atoms with Crippen LogP contribution in [0.4, 0.5) is 0 Å². The molecule has 2 saturated heterocycles. The maximum absolute atomic E-state index is 5.45. The summed E-state index contributed by atoms with van der Waals surface area (Å²) in [5.74, 6) is 3.54. The number of aromatic nitrogens is 3. The van der Waals surface area contributed by atoms with Crippen molar-refractivity contribution in [2.24, 2.45) is 7.05 Å². The monoisotopic (exact) mass is 385 g/mol. The molecule has 28 heavy (non-hydrogen) atoms. The molecule has 0 bridgehead atoms. The molecule has 0 N–H and O–H groups in total. The third-order valence-electron chi connectivity index (χ3n) is 5.88. The van der Waals surface area contributed by atoms with E-state index >= 15 is 0 Å². The predicted molar refractivity (Wildman–Crippen MR) is 107 cm³/mol. The van der Waals surface area contributed by atoms with Crippen LogP contribution in [-0.4, -0.2) is 71.1 Å². The van der Waals surface area contributed by atoms with Gasteiger partial charge in [0.25, 0.3) is 0 Å². The number of methoxy groups -OCH3 is 1. The topological polar surface area (TPSA) is 55.6 Å². The summed E-state index contributed by atoms with van der Waals surface area (Å²) in [5.41, 5.74) is 1.30. The van der Waals surface area contributed by atoms with Crippen LogP contribution >= 0.6 is 0 Å². The zero-order valence-electron chi connectivity index (χ0n) is 17.0. The summed E-state index contributed by atoms with van der Waals surface area (Å²) in [4.78, 5) is 4.92. The van der Waals surface area contributed by atoms with Gasteiger partial charge in [0.2, 0.25) is 0 Å². The van der Waals surface area contributed by atoms with E-state index in [9.17, 15) is 0 Å². The first-order chi connectivity index (χ1) is 13.7. The molecule has 0 unspecified atom stereocenters. The van der Waals surface area contributed by atoms with Gasteiger partial charge in [-0.3, -0.25) is 9.80 Å². The average molecular weight is 386 g/mol. The predicted octanol–water partition coefficient (Wildman–Crippen LogP) is 2.04. The highest BCUT2D eigenvalue weighted by atomic mass is 16.5. The molecule has 0 amide bonds. The van der Waals surface area contributed by atoms with Crippen LogP contribution in [0.25, 0.3) is 0 Å². The van der Waals surface area contributed by atoms with Gasteiger partial charge in [0.05, 0.1) is 26.9 Å². The molecule has 1 atom stereocenters. The summed E-state index contributed by atoms with van der Waals surface area (Å²) >= 11 is 0. The van der Waals surface area contributed by atoms with E-state index in [0.29, 0.717) is 5.92 Å². The minimum Gasteiger partial charge on any atom is -0.497 e. The van der Waals surface area contributed by atoms with E-state index in [1.165, 1.54) is 18.4 Å². The van der Waals surface area contributed by atoms with E-state index in [2.05, 4.69) is 49.8 Å². The van der Waals surface area contributed by atoms with Crippen molar-refractivity contribution in [3.63, 3.8) is 0 Å². The minimum atomic E-state index is 0.440. The molecule has 0 radical (unpaired) electrons. The van der Waals surface area contributed by atoms with Crippen molar-refractivity contribution >= 4 is 0 Å². The van der Waals surface area contributed by atoms with E-state index in [4.69, 9.17) is 9.47 Å². The van der Waals surface area contributed by atoms with Gasteiger partial charge in [-0.15, -0.1) is 10.2 Å². The van der Waals surface area contributed by atoms with Gasteiger partial charge >= 0.3 is 0 Å². The number of benzene rings is 1. The lowest BCUT2D eigenvalue weighted by atomic mass is 9.96. The van der Waals surface area contributed by atoms with Crippen molar-refractivity contribution in [1.29, 1.82) is 0 Å². The Morgan fingerprint density at radius 2 is 1.96 bits per heavy atom. The maximum atomic E-state index is 5.45. The Morgan fingerprint density at radius 3 is 2.79 bits per heavy atom. The molecule has 0 spiro atoms. The molecular weight excluding hydrogens is 354 g/mol. The molecule has 2 fully saturated rings. The molecule has 0 saturated carbocycles. The van der Waals surface area contributed by atoms with Gasteiger partial charge in [-0.05, 0) is 37.1 Å². The largest absolute Gasteiger partial charge is 0.497 e. The first-order valence-corrected chi connectivity index (χ1v) is 10.3. The number of nitrogens with zero attached hydrogens (tertiary/aromatic N) is 5. The highest BCUT2D eigenvalue weighted by Gasteiger charge is 2.26. The first kappa shape index (κ1) is 19.4. The Labute approximate surface area is 167 Å². The normalized spacial score (nSPS) is 21.7. The van der Waals surface area contributed by atoms with Crippen molar-refractivity contribution < 1.29 is 9.47 Å². The van der Waals surface area contributed by atoms with Crippen LogP contribution in [-0.2, 0) is 24.9 Å². The van der Waals surface area contributed by atoms with E-state index < -0.39 is 0 Å². The Kier molecular flexibility index (Phi) is 6.24. The molecule has 7 nitrogen and oxygen atoms in total. The van der Waals surface area contributed by atoms with E-state index in [-0.39, 0.29) is 0 Å². The van der Waals surface area contributed by atoms with Crippen molar-refractivity contribution in [2.75, 3.05) is 46.5 Å². The fraction of sp³-hybridized carbons (Fsp3) is 0.619. The van der Waals surface area contributed by atoms with Gasteiger partial charge in [-0.1, -0.05) is 12.1 Å². The fourth-order valence-corrected chi connectivity index (χ4v) is 4.27. The second-order valence-electron chi connectivity index (χ2n) is 7.85. The lowest BCUT2D eigenvalue weighted by Gasteiger charge is -2.32. The summed E-state index contributed by atoms with van der Waals surface area (Å²) in [6.07, 6.45) is 2.37. The average Bonchev–Trinajstić information content (AvgIpc) is 3.09. The quantitative estimate of drug-likeness (QED) is 0.759. The molecule has 4 rings (SSSR count). The van der Waals surface area contributed by atoms with E-state index in [0.717, 1.165) is 69.9 Å². The van der Waals surface area contributed by atoms with Crippen molar-refractivity contribution in [2.45, 2.75) is 31.8 Å². The molecule has 7 heteroatoms. The molecule has 1 aromatic heterocycles. The Bertz CT molecular complexity index is 772. The van der Waals surface area contributed by atoms with E-state index in [1.54, 1.807) is 7.11 Å². The SMILES string of the molecule is COc1cccc(CN2CCC[C@@H](c3nnc(CN4CCOCC4)n3C)C2)c1. The molecule has 0 aliphatic carbocycles. The summed E-state index contributed by atoms with van der Waals surface area (Å²) in [7, 11) is 3.84. The Hall–Kier alpha value is -1.96. The fourth-order valence-electron chi connectivity index (χ4n) is 4.27. The number of morpholine rings is 1. The van der Waals surface area contributed by atoms with Gasteiger partial charge in [0.1, 0.15) is 17.4 Å². The number of ether oxygens (including phenoxy) is 2. The standard InChI is InChI=1S/C21H31N5O2/c1-24-20(16-25-9-11-28-12-10-25)22-23-21(24)18-6-4-8-26(15-18)14-17-5-3-7-19(13-17)27-2/h3,5,7,13,18H,4,6,8-12,14-16H2,1-2H3/t18-/m1/s1. The highest BCUT2D eigenvalue weighted by Crippen LogP contribution is 2.27. The summed E-state index contributed by atoms with van der Waals surface area (Å²) in [6, 6.07) is 8.37. The van der Waals surface area contributed by atoms with Crippen LogP contribution < -0.4 is 4.74 Å². The van der Waals surface area contributed by atoms with Gasteiger partial charge in [-0.2, -0.15) is 0 Å². The van der Waals surface area contributed by atoms with Crippen LogP contribution in [0.15, 0.2) is 24.3 Å². The Balaban J connectivity index is 1.40. The summed E-state index contributed by atoms with van der Waals surface area (Å²) in [5, 5.41) is 9.09. The summed E-state index contributed by atoms with van der Waals surface area (Å²) in [6.45, 7) is 7.53. The molecule has 152 valence electrons. The molecule has 2 aromatic rings. The van der Waals surface area contributed by atoms with Gasteiger partial charge in [0.15, 0.2) is 0 Å². The van der Waals surface area contributed by atoms with Crippen LogP contribution in [0.2, 0.25) is 0 Å². The van der Waals surface area contributed by atoms with E-state index in [1.807, 2.05) is 6.07 Å². The minimum absolute atomic E-state index is 0.440.